The molecule has 0 fully saturated rings. The van der Waals surface area contributed by atoms with E-state index in [1.165, 1.54) is 13.0 Å². The Labute approximate surface area is 102 Å². The first-order chi connectivity index (χ1) is 8.34. The van der Waals surface area contributed by atoms with Gasteiger partial charge < -0.3 is 9.67 Å². The van der Waals surface area contributed by atoms with E-state index in [1.54, 1.807) is 4.57 Å². The second kappa shape index (κ2) is 4.28. The molecule has 0 amide bonds. The molecule has 0 aliphatic carbocycles. The molecule has 0 aliphatic heterocycles. The molecule has 2 rings (SSSR count). The molecule has 98 valence electrons. The third-order valence-corrected chi connectivity index (χ3v) is 2.79. The molecule has 0 bridgehead atoms. The minimum absolute atomic E-state index is 0.252. The number of aryl methyl sites for hydroxylation is 1. The normalized spacial score (nSPS) is 14.1. The number of fused-ring (bicyclic) bond motifs is 1. The molecule has 0 saturated heterocycles. The fourth-order valence-electron chi connectivity index (χ4n) is 1.98. The topological polar surface area (TPSA) is 38.0 Å². The first-order valence-corrected chi connectivity index (χ1v) is 5.60. The highest BCUT2D eigenvalue weighted by Crippen LogP contribution is 2.32. The molecule has 1 aromatic heterocycles. The highest BCUT2D eigenvalue weighted by atomic mass is 19.4. The zero-order valence-electron chi connectivity index (χ0n) is 9.99. The van der Waals surface area contributed by atoms with Crippen molar-refractivity contribution in [1.29, 1.82) is 0 Å². The minimum Gasteiger partial charge on any atom is -0.385 e. The van der Waals surface area contributed by atoms with Crippen LogP contribution in [0.2, 0.25) is 0 Å². The van der Waals surface area contributed by atoms with Crippen molar-refractivity contribution in [3.8, 4) is 0 Å². The monoisotopic (exact) mass is 258 g/mol. The average molecular weight is 258 g/mol. The summed E-state index contributed by atoms with van der Waals surface area (Å²) in [5, 5.41) is 9.56. The molecule has 18 heavy (non-hydrogen) atoms. The highest BCUT2D eigenvalue weighted by Gasteiger charge is 2.31. The Balaban J connectivity index is 2.66. The van der Waals surface area contributed by atoms with E-state index in [-0.39, 0.29) is 5.52 Å². The van der Waals surface area contributed by atoms with E-state index < -0.39 is 17.8 Å². The van der Waals surface area contributed by atoms with Crippen LogP contribution >= 0.6 is 0 Å². The lowest BCUT2D eigenvalue weighted by molar-refractivity contribution is -0.137. The van der Waals surface area contributed by atoms with Gasteiger partial charge in [0, 0.05) is 6.54 Å². The van der Waals surface area contributed by atoms with Crippen LogP contribution in [0.25, 0.3) is 11.0 Å². The molecule has 0 spiro atoms. The van der Waals surface area contributed by atoms with E-state index in [4.69, 9.17) is 0 Å². The molecule has 0 aliphatic rings. The Morgan fingerprint density at radius 1 is 1.39 bits per heavy atom. The van der Waals surface area contributed by atoms with Crippen molar-refractivity contribution in [3.63, 3.8) is 0 Å². The smallest absolute Gasteiger partial charge is 0.385 e. The summed E-state index contributed by atoms with van der Waals surface area (Å²) in [6, 6.07) is 3.43. The van der Waals surface area contributed by atoms with E-state index >= 15 is 0 Å². The number of hydrogen-bond acceptors (Lipinski definition) is 2. The van der Waals surface area contributed by atoms with Gasteiger partial charge in [-0.3, -0.25) is 0 Å². The van der Waals surface area contributed by atoms with Crippen molar-refractivity contribution < 1.29 is 18.3 Å². The Bertz CT molecular complexity index is 572. The Hall–Kier alpha value is -1.56. The molecule has 6 heteroatoms. The summed E-state index contributed by atoms with van der Waals surface area (Å²) < 4.78 is 39.4. The zero-order chi connectivity index (χ0) is 13.5. The maximum Gasteiger partial charge on any atom is 0.416 e. The molecule has 1 heterocycles. The lowest BCUT2D eigenvalue weighted by Gasteiger charge is -2.08. The molecule has 1 atom stereocenters. The van der Waals surface area contributed by atoms with Gasteiger partial charge in [0.2, 0.25) is 0 Å². The van der Waals surface area contributed by atoms with Crippen LogP contribution in [0.15, 0.2) is 18.2 Å². The molecular weight excluding hydrogens is 245 g/mol. The van der Waals surface area contributed by atoms with Gasteiger partial charge in [-0.15, -0.1) is 0 Å². The quantitative estimate of drug-likeness (QED) is 0.898. The Kier molecular flexibility index (Phi) is 3.06. The molecule has 0 unspecified atom stereocenters. The van der Waals surface area contributed by atoms with Gasteiger partial charge in [-0.2, -0.15) is 13.2 Å². The highest BCUT2D eigenvalue weighted by molar-refractivity contribution is 5.77. The van der Waals surface area contributed by atoms with Gasteiger partial charge in [-0.05, 0) is 32.0 Å². The van der Waals surface area contributed by atoms with E-state index in [0.29, 0.717) is 17.9 Å². The van der Waals surface area contributed by atoms with Crippen molar-refractivity contribution in [1.82, 2.24) is 9.55 Å². The number of hydrogen-bond donors (Lipinski definition) is 1. The first kappa shape index (κ1) is 12.9. The number of rotatable bonds is 2. The number of benzene rings is 1. The zero-order valence-corrected chi connectivity index (χ0v) is 9.99. The van der Waals surface area contributed by atoms with Crippen molar-refractivity contribution >= 4 is 11.0 Å². The van der Waals surface area contributed by atoms with E-state index in [1.807, 2.05) is 6.92 Å². The van der Waals surface area contributed by atoms with Gasteiger partial charge in [0.1, 0.15) is 11.9 Å². The Morgan fingerprint density at radius 2 is 2.06 bits per heavy atom. The number of alkyl halides is 3. The predicted octanol–water partition coefficient (Wildman–Crippen LogP) is 3.13. The lowest BCUT2D eigenvalue weighted by atomic mass is 10.2. The SMILES string of the molecule is CCn1c([C@@H](C)O)nc2cc(C(F)(F)F)ccc21. The minimum atomic E-state index is -4.38. The fourth-order valence-corrected chi connectivity index (χ4v) is 1.98. The van der Waals surface area contributed by atoms with E-state index in [0.717, 1.165) is 12.1 Å². The van der Waals surface area contributed by atoms with Gasteiger partial charge in [0.25, 0.3) is 0 Å². The molecule has 1 N–H and O–H groups in total. The molecule has 2 aromatic rings. The second-order valence-corrected chi connectivity index (χ2v) is 4.09. The van der Waals surface area contributed by atoms with Crippen molar-refractivity contribution in [2.45, 2.75) is 32.7 Å². The summed E-state index contributed by atoms with van der Waals surface area (Å²) in [5.41, 5.74) is 0.122. The molecular formula is C12H13F3N2O. The third-order valence-electron chi connectivity index (χ3n) is 2.79. The van der Waals surface area contributed by atoms with Gasteiger partial charge in [-0.25, -0.2) is 4.98 Å². The number of nitrogens with zero attached hydrogens (tertiary/aromatic N) is 2. The first-order valence-electron chi connectivity index (χ1n) is 5.60. The van der Waals surface area contributed by atoms with Gasteiger partial charge >= 0.3 is 6.18 Å². The third kappa shape index (κ3) is 2.08. The second-order valence-electron chi connectivity index (χ2n) is 4.09. The number of imidazole rings is 1. The van der Waals surface area contributed by atoms with Gasteiger partial charge in [0.15, 0.2) is 0 Å². The lowest BCUT2D eigenvalue weighted by Crippen LogP contribution is -2.05. The molecule has 3 nitrogen and oxygen atoms in total. The van der Waals surface area contributed by atoms with Crippen molar-refractivity contribution in [3.05, 3.63) is 29.6 Å². The number of aromatic nitrogens is 2. The van der Waals surface area contributed by atoms with Crippen LogP contribution in [-0.4, -0.2) is 14.7 Å². The van der Waals surface area contributed by atoms with Gasteiger partial charge in [0.05, 0.1) is 16.6 Å². The van der Waals surface area contributed by atoms with Crippen LogP contribution < -0.4 is 0 Å². The van der Waals surface area contributed by atoms with Crippen LogP contribution in [0, 0.1) is 0 Å². The average Bonchev–Trinajstić information content (AvgIpc) is 2.65. The van der Waals surface area contributed by atoms with Crippen LogP contribution in [0.3, 0.4) is 0 Å². The van der Waals surface area contributed by atoms with Crippen molar-refractivity contribution in [2.75, 3.05) is 0 Å². The molecule has 0 radical (unpaired) electrons. The predicted molar refractivity (Wildman–Crippen MR) is 61.0 cm³/mol. The summed E-state index contributed by atoms with van der Waals surface area (Å²) in [6.45, 7) is 3.94. The largest absolute Gasteiger partial charge is 0.416 e. The molecule has 1 aromatic carbocycles. The van der Waals surface area contributed by atoms with Crippen LogP contribution in [0.5, 0.6) is 0 Å². The van der Waals surface area contributed by atoms with Crippen LogP contribution in [0.4, 0.5) is 13.2 Å². The number of aliphatic hydroxyl groups excluding tert-OH is 1. The molecule has 0 saturated carbocycles. The maximum absolute atomic E-state index is 12.6. The van der Waals surface area contributed by atoms with Gasteiger partial charge in [-0.1, -0.05) is 0 Å². The summed E-state index contributed by atoms with van der Waals surface area (Å²) in [4.78, 5) is 4.07. The van der Waals surface area contributed by atoms with Crippen LogP contribution in [0.1, 0.15) is 31.3 Å². The maximum atomic E-state index is 12.6. The van der Waals surface area contributed by atoms with Crippen molar-refractivity contribution in [2.24, 2.45) is 0 Å². The van der Waals surface area contributed by atoms with Crippen LogP contribution in [-0.2, 0) is 12.7 Å². The number of halogens is 3. The number of aliphatic hydroxyl groups is 1. The van der Waals surface area contributed by atoms with E-state index in [9.17, 15) is 18.3 Å². The summed E-state index contributed by atoms with van der Waals surface area (Å²) >= 11 is 0. The summed E-state index contributed by atoms with van der Waals surface area (Å²) in [5.74, 6) is 0.381. The fraction of sp³-hybridized carbons (Fsp3) is 0.417. The Morgan fingerprint density at radius 3 is 2.56 bits per heavy atom. The standard InChI is InChI=1S/C12H13F3N2O/c1-3-17-10-5-4-8(12(13,14)15)6-9(10)16-11(17)7(2)18/h4-7,18H,3H2,1-2H3/t7-/m1/s1. The summed E-state index contributed by atoms with van der Waals surface area (Å²) in [7, 11) is 0. The summed E-state index contributed by atoms with van der Waals surface area (Å²) in [6.07, 6.45) is -5.19. The van der Waals surface area contributed by atoms with E-state index in [2.05, 4.69) is 4.98 Å².